The highest BCUT2D eigenvalue weighted by Crippen LogP contribution is 2.17. The van der Waals surface area contributed by atoms with Crippen LogP contribution in [0.5, 0.6) is 5.75 Å². The molecule has 5 nitrogen and oxygen atoms in total. The number of hydrogen-bond acceptors (Lipinski definition) is 4. The molecule has 1 fully saturated rings. The Morgan fingerprint density at radius 2 is 2.10 bits per heavy atom. The molecule has 1 heterocycles. The molecule has 21 heavy (non-hydrogen) atoms. The minimum atomic E-state index is 0.210. The minimum absolute atomic E-state index is 0.210. The van der Waals surface area contributed by atoms with Crippen LogP contribution in [-0.4, -0.2) is 55.5 Å². The average Bonchev–Trinajstić information content (AvgIpc) is 2.66. The van der Waals surface area contributed by atoms with Gasteiger partial charge >= 0.3 is 0 Å². The molecule has 1 aliphatic rings. The van der Waals surface area contributed by atoms with E-state index in [1.807, 2.05) is 36.2 Å². The molecule has 0 aliphatic carbocycles. The zero-order valence-electron chi connectivity index (χ0n) is 12.8. The smallest absolute Gasteiger partial charge is 0.236 e. The number of amides is 1. The lowest BCUT2D eigenvalue weighted by Gasteiger charge is -2.19. The topological polar surface area (TPSA) is 58.8 Å². The first-order chi connectivity index (χ1) is 10.2. The second kappa shape index (κ2) is 8.00. The summed E-state index contributed by atoms with van der Waals surface area (Å²) in [6.45, 7) is 4.39. The lowest BCUT2D eigenvalue weighted by Crippen LogP contribution is -2.35. The third-order valence-electron chi connectivity index (χ3n) is 3.82. The Hall–Kier alpha value is -1.59. The molecular formula is C16H25N3O2. The van der Waals surface area contributed by atoms with Gasteiger partial charge in [0.25, 0.3) is 0 Å². The third kappa shape index (κ3) is 4.72. The molecule has 0 bridgehead atoms. The molecule has 0 unspecified atom stereocenters. The fraction of sp³-hybridized carbons (Fsp3) is 0.562. The summed E-state index contributed by atoms with van der Waals surface area (Å²) in [5, 5.41) is 0. The van der Waals surface area contributed by atoms with Crippen LogP contribution in [0.3, 0.4) is 0 Å². The molecule has 1 aromatic rings. The van der Waals surface area contributed by atoms with E-state index in [1.165, 1.54) is 0 Å². The molecule has 0 spiro atoms. The molecule has 1 saturated heterocycles. The van der Waals surface area contributed by atoms with Gasteiger partial charge in [-0.2, -0.15) is 0 Å². The number of hydrogen-bond donors (Lipinski definition) is 1. The monoisotopic (exact) mass is 291 g/mol. The van der Waals surface area contributed by atoms with Crippen molar-refractivity contribution < 1.29 is 9.53 Å². The Bertz CT molecular complexity index is 465. The van der Waals surface area contributed by atoms with Gasteiger partial charge in [-0.3, -0.25) is 9.69 Å². The fourth-order valence-electron chi connectivity index (χ4n) is 2.52. The molecule has 5 heteroatoms. The van der Waals surface area contributed by atoms with Gasteiger partial charge in [0.2, 0.25) is 5.91 Å². The Kier molecular flexibility index (Phi) is 6.02. The van der Waals surface area contributed by atoms with E-state index in [0.717, 1.165) is 43.8 Å². The first-order valence-electron chi connectivity index (χ1n) is 7.58. The van der Waals surface area contributed by atoms with Gasteiger partial charge in [0.15, 0.2) is 0 Å². The largest absolute Gasteiger partial charge is 0.493 e. The summed E-state index contributed by atoms with van der Waals surface area (Å²) in [7, 11) is 1.87. The first kappa shape index (κ1) is 15.8. The predicted molar refractivity (Wildman–Crippen MR) is 83.1 cm³/mol. The van der Waals surface area contributed by atoms with E-state index in [4.69, 9.17) is 10.5 Å². The number of carbonyl (C=O) groups excluding carboxylic acids is 1. The van der Waals surface area contributed by atoms with Crippen LogP contribution in [0, 0.1) is 0 Å². The van der Waals surface area contributed by atoms with E-state index in [2.05, 4.69) is 4.90 Å². The van der Waals surface area contributed by atoms with E-state index in [-0.39, 0.29) is 5.91 Å². The van der Waals surface area contributed by atoms with Crippen molar-refractivity contribution in [1.29, 1.82) is 0 Å². The van der Waals surface area contributed by atoms with Gasteiger partial charge in [-0.15, -0.1) is 0 Å². The molecule has 2 rings (SSSR count). The highest BCUT2D eigenvalue weighted by atomic mass is 16.5. The summed E-state index contributed by atoms with van der Waals surface area (Å²) < 4.78 is 5.80. The molecule has 2 N–H and O–H groups in total. The fourth-order valence-corrected chi connectivity index (χ4v) is 2.52. The number of rotatable bonds is 6. The van der Waals surface area contributed by atoms with Crippen molar-refractivity contribution in [3.63, 3.8) is 0 Å². The maximum Gasteiger partial charge on any atom is 0.236 e. The highest BCUT2D eigenvalue weighted by molar-refractivity contribution is 5.78. The van der Waals surface area contributed by atoms with Crippen molar-refractivity contribution >= 4 is 5.91 Å². The Balaban J connectivity index is 1.73. The van der Waals surface area contributed by atoms with Gasteiger partial charge < -0.3 is 15.4 Å². The van der Waals surface area contributed by atoms with Crippen molar-refractivity contribution in [2.24, 2.45) is 5.73 Å². The van der Waals surface area contributed by atoms with Gasteiger partial charge in [0.05, 0.1) is 13.2 Å². The predicted octanol–water partition coefficient (Wildman–Crippen LogP) is 1.08. The molecule has 0 atom stereocenters. The summed E-state index contributed by atoms with van der Waals surface area (Å²) in [5.74, 6) is 1.08. The van der Waals surface area contributed by atoms with Crippen LogP contribution in [0.4, 0.5) is 0 Å². The molecule has 0 aromatic heterocycles. The second-order valence-corrected chi connectivity index (χ2v) is 5.46. The number of nitrogens with zero attached hydrogens (tertiary/aromatic N) is 2. The average molecular weight is 291 g/mol. The van der Waals surface area contributed by atoms with Crippen LogP contribution in [0.25, 0.3) is 0 Å². The molecule has 0 radical (unpaired) electrons. The van der Waals surface area contributed by atoms with Crippen LogP contribution in [0.1, 0.15) is 18.4 Å². The van der Waals surface area contributed by atoms with Gasteiger partial charge in [0, 0.05) is 38.8 Å². The highest BCUT2D eigenvalue weighted by Gasteiger charge is 2.18. The zero-order chi connectivity index (χ0) is 15.1. The van der Waals surface area contributed by atoms with Crippen LogP contribution < -0.4 is 10.5 Å². The molecule has 1 aliphatic heterocycles. The lowest BCUT2D eigenvalue weighted by molar-refractivity contribution is -0.129. The van der Waals surface area contributed by atoms with Crippen molar-refractivity contribution in [2.75, 3.05) is 39.8 Å². The van der Waals surface area contributed by atoms with E-state index < -0.39 is 0 Å². The van der Waals surface area contributed by atoms with Crippen molar-refractivity contribution in [3.8, 4) is 5.75 Å². The van der Waals surface area contributed by atoms with Gasteiger partial charge in [-0.1, -0.05) is 18.2 Å². The maximum absolute atomic E-state index is 11.8. The number of carbonyl (C=O) groups is 1. The number of benzene rings is 1. The van der Waals surface area contributed by atoms with Crippen LogP contribution in [0.15, 0.2) is 24.3 Å². The molecule has 1 amide bonds. The van der Waals surface area contributed by atoms with Crippen molar-refractivity contribution in [2.45, 2.75) is 19.4 Å². The Morgan fingerprint density at radius 1 is 1.29 bits per heavy atom. The first-order valence-corrected chi connectivity index (χ1v) is 7.58. The molecule has 0 saturated carbocycles. The Labute approximate surface area is 126 Å². The molecule has 1 aromatic carbocycles. The number of nitrogens with two attached hydrogens (primary N) is 1. The SMILES string of the molecule is CN1CCCN(CCCOc2ccccc2CN)CC1=O. The van der Waals surface area contributed by atoms with Gasteiger partial charge in [0.1, 0.15) is 5.75 Å². The Morgan fingerprint density at radius 3 is 2.90 bits per heavy atom. The number of likely N-dealkylation sites (N-methyl/N-ethyl adjacent to an activating group) is 1. The van der Waals surface area contributed by atoms with Crippen molar-refractivity contribution in [1.82, 2.24) is 9.80 Å². The van der Waals surface area contributed by atoms with E-state index >= 15 is 0 Å². The number of ether oxygens (including phenoxy) is 1. The molecule has 116 valence electrons. The zero-order valence-corrected chi connectivity index (χ0v) is 12.8. The van der Waals surface area contributed by atoms with Gasteiger partial charge in [-0.05, 0) is 18.9 Å². The maximum atomic E-state index is 11.8. The van der Waals surface area contributed by atoms with Crippen molar-refractivity contribution in [3.05, 3.63) is 29.8 Å². The quantitative estimate of drug-likeness (QED) is 0.797. The summed E-state index contributed by atoms with van der Waals surface area (Å²) in [6.07, 6.45) is 1.95. The summed E-state index contributed by atoms with van der Waals surface area (Å²) in [4.78, 5) is 15.8. The summed E-state index contributed by atoms with van der Waals surface area (Å²) >= 11 is 0. The third-order valence-corrected chi connectivity index (χ3v) is 3.82. The lowest BCUT2D eigenvalue weighted by atomic mass is 10.2. The van der Waals surface area contributed by atoms with E-state index in [9.17, 15) is 4.79 Å². The van der Waals surface area contributed by atoms with Crippen LogP contribution in [-0.2, 0) is 11.3 Å². The van der Waals surface area contributed by atoms with Gasteiger partial charge in [-0.25, -0.2) is 0 Å². The summed E-state index contributed by atoms with van der Waals surface area (Å²) in [6, 6.07) is 7.86. The minimum Gasteiger partial charge on any atom is -0.493 e. The van der Waals surface area contributed by atoms with Crippen LogP contribution in [0.2, 0.25) is 0 Å². The van der Waals surface area contributed by atoms with E-state index in [0.29, 0.717) is 19.7 Å². The normalized spacial score (nSPS) is 16.9. The number of para-hydroxylation sites is 1. The second-order valence-electron chi connectivity index (χ2n) is 5.46. The van der Waals surface area contributed by atoms with E-state index in [1.54, 1.807) is 0 Å². The molecular weight excluding hydrogens is 266 g/mol. The standard InChI is InChI=1S/C16H25N3O2/c1-18-8-4-9-19(13-16(18)20)10-5-11-21-15-7-3-2-6-14(15)12-17/h2-3,6-7H,4-5,8-13,17H2,1H3. The summed E-state index contributed by atoms with van der Waals surface area (Å²) in [5.41, 5.74) is 6.72. The van der Waals surface area contributed by atoms with Crippen LogP contribution >= 0.6 is 0 Å².